The summed E-state index contributed by atoms with van der Waals surface area (Å²) in [6, 6.07) is 0. The van der Waals surface area contributed by atoms with E-state index in [9.17, 15) is 9.59 Å². The first-order valence-corrected chi connectivity index (χ1v) is 6.27. The van der Waals surface area contributed by atoms with Crippen molar-refractivity contribution in [3.8, 4) is 0 Å². The van der Waals surface area contributed by atoms with Crippen LogP contribution >= 0.6 is 0 Å². The third kappa shape index (κ3) is 2.61. The predicted octanol–water partition coefficient (Wildman–Crippen LogP) is 3.26. The average molecular weight is 246 g/mol. The zero-order valence-electron chi connectivity index (χ0n) is 11.1. The van der Waals surface area contributed by atoms with Gasteiger partial charge in [-0.1, -0.05) is 12.5 Å². The molecule has 1 atom stereocenters. The molecule has 0 radical (unpaired) electrons. The van der Waals surface area contributed by atoms with Crippen LogP contribution in [0, 0.1) is 12.8 Å². The maximum Gasteiger partial charge on any atom is 0.166 e. The van der Waals surface area contributed by atoms with Crippen LogP contribution in [0.15, 0.2) is 22.3 Å². The topological polar surface area (TPSA) is 47.3 Å². The average Bonchev–Trinajstić information content (AvgIpc) is 2.57. The van der Waals surface area contributed by atoms with Crippen LogP contribution < -0.4 is 0 Å². The van der Waals surface area contributed by atoms with E-state index in [4.69, 9.17) is 4.42 Å². The number of carbonyl (C=O) groups excluding carboxylic acids is 2. The lowest BCUT2D eigenvalue weighted by atomic mass is 9.91. The first-order chi connectivity index (χ1) is 8.47. The number of rotatable bonds is 0. The van der Waals surface area contributed by atoms with Gasteiger partial charge in [0.2, 0.25) is 0 Å². The summed E-state index contributed by atoms with van der Waals surface area (Å²) in [5.74, 6) is 0.952. The van der Waals surface area contributed by atoms with Gasteiger partial charge in [0, 0.05) is 19.3 Å². The molecule has 0 aliphatic heterocycles. The second-order valence-electron chi connectivity index (χ2n) is 5.29. The van der Waals surface area contributed by atoms with Crippen molar-refractivity contribution in [2.24, 2.45) is 5.92 Å². The minimum absolute atomic E-state index is 0.0781. The first kappa shape index (κ1) is 12.8. The molecular formula is C15H18O3. The molecule has 1 aliphatic carbocycles. The van der Waals surface area contributed by atoms with Crippen molar-refractivity contribution in [1.29, 1.82) is 0 Å². The molecule has 0 saturated heterocycles. The highest BCUT2D eigenvalue weighted by Crippen LogP contribution is 2.25. The quantitative estimate of drug-likeness (QED) is 0.706. The van der Waals surface area contributed by atoms with Gasteiger partial charge in [0.25, 0.3) is 0 Å². The Morgan fingerprint density at radius 1 is 1.22 bits per heavy atom. The molecule has 0 spiro atoms. The number of furan rings is 1. The monoisotopic (exact) mass is 246 g/mol. The standard InChI is InChI=1S/C15H18O3/c1-9-4-12(16)5-10(2)7-14-15(13(17)6-9)11(3)8-18-14/h5,8-9H,4,6-7H2,1-3H3/b10-5-/t9-/m0/s1. The SMILES string of the molecule is C/C1=C/C(=O)C[C@H](C)CC(=O)c2c(C)coc2C1. The van der Waals surface area contributed by atoms with Crippen LogP contribution in [0.1, 0.15) is 48.4 Å². The fraction of sp³-hybridized carbons (Fsp3) is 0.467. The van der Waals surface area contributed by atoms with E-state index in [1.165, 1.54) is 0 Å². The van der Waals surface area contributed by atoms with Gasteiger partial charge in [0.1, 0.15) is 5.76 Å². The van der Waals surface area contributed by atoms with Crippen LogP contribution in [0.5, 0.6) is 0 Å². The van der Waals surface area contributed by atoms with E-state index in [1.54, 1.807) is 12.3 Å². The minimum Gasteiger partial charge on any atom is -0.468 e. The molecule has 96 valence electrons. The molecule has 1 aliphatic rings. The summed E-state index contributed by atoms with van der Waals surface area (Å²) in [4.78, 5) is 24.0. The fourth-order valence-corrected chi connectivity index (χ4v) is 2.47. The van der Waals surface area contributed by atoms with Crippen molar-refractivity contribution < 1.29 is 14.0 Å². The lowest BCUT2D eigenvalue weighted by Gasteiger charge is -2.12. The van der Waals surface area contributed by atoms with E-state index in [-0.39, 0.29) is 17.5 Å². The summed E-state index contributed by atoms with van der Waals surface area (Å²) in [7, 11) is 0. The molecule has 0 bridgehead atoms. The van der Waals surface area contributed by atoms with E-state index in [0.717, 1.165) is 11.1 Å². The van der Waals surface area contributed by atoms with Crippen molar-refractivity contribution in [1.82, 2.24) is 0 Å². The van der Waals surface area contributed by atoms with Crippen molar-refractivity contribution in [3.63, 3.8) is 0 Å². The minimum atomic E-state index is 0.0781. The summed E-state index contributed by atoms with van der Waals surface area (Å²) in [5.41, 5.74) is 2.54. The van der Waals surface area contributed by atoms with Crippen molar-refractivity contribution in [2.75, 3.05) is 0 Å². The van der Waals surface area contributed by atoms with Crippen LogP contribution in [-0.2, 0) is 11.2 Å². The van der Waals surface area contributed by atoms with Gasteiger partial charge in [-0.25, -0.2) is 0 Å². The predicted molar refractivity (Wildman–Crippen MR) is 68.6 cm³/mol. The molecule has 3 heteroatoms. The van der Waals surface area contributed by atoms with Gasteiger partial charge in [-0.15, -0.1) is 0 Å². The smallest absolute Gasteiger partial charge is 0.166 e. The summed E-state index contributed by atoms with van der Waals surface area (Å²) < 4.78 is 5.46. The van der Waals surface area contributed by atoms with Crippen LogP contribution in [0.2, 0.25) is 0 Å². The maximum atomic E-state index is 12.2. The van der Waals surface area contributed by atoms with E-state index >= 15 is 0 Å². The van der Waals surface area contributed by atoms with Crippen LogP contribution in [0.25, 0.3) is 0 Å². The molecule has 1 heterocycles. The molecule has 0 N–H and O–H groups in total. The lowest BCUT2D eigenvalue weighted by Crippen LogP contribution is -2.13. The largest absolute Gasteiger partial charge is 0.468 e. The fourth-order valence-electron chi connectivity index (χ4n) is 2.47. The molecule has 0 amide bonds. The molecule has 0 aromatic carbocycles. The van der Waals surface area contributed by atoms with Crippen LogP contribution in [0.4, 0.5) is 0 Å². The Bertz CT molecular complexity index is 520. The first-order valence-electron chi connectivity index (χ1n) is 6.27. The maximum absolute atomic E-state index is 12.2. The number of carbonyl (C=O) groups is 2. The molecule has 0 unspecified atom stereocenters. The van der Waals surface area contributed by atoms with E-state index in [2.05, 4.69) is 0 Å². The third-order valence-corrected chi connectivity index (χ3v) is 3.26. The zero-order chi connectivity index (χ0) is 13.3. The van der Waals surface area contributed by atoms with Crippen LogP contribution in [0.3, 0.4) is 0 Å². The molecule has 1 aromatic rings. The number of allylic oxidation sites excluding steroid dienone is 2. The van der Waals surface area contributed by atoms with Crippen LogP contribution in [-0.4, -0.2) is 11.6 Å². The zero-order valence-corrected chi connectivity index (χ0v) is 11.1. The van der Waals surface area contributed by atoms with E-state index in [0.29, 0.717) is 30.6 Å². The number of Topliss-reactive ketones (excluding diaryl/α,β-unsaturated/α-hetero) is 1. The molecule has 2 rings (SSSR count). The Morgan fingerprint density at radius 2 is 1.94 bits per heavy atom. The Kier molecular flexibility index (Phi) is 3.50. The Hall–Kier alpha value is -1.64. The van der Waals surface area contributed by atoms with E-state index < -0.39 is 0 Å². The van der Waals surface area contributed by atoms with Gasteiger partial charge in [-0.3, -0.25) is 9.59 Å². The molecule has 18 heavy (non-hydrogen) atoms. The third-order valence-electron chi connectivity index (χ3n) is 3.26. The normalized spacial score (nSPS) is 24.4. The highest BCUT2D eigenvalue weighted by Gasteiger charge is 2.22. The van der Waals surface area contributed by atoms with Crippen molar-refractivity contribution in [3.05, 3.63) is 34.8 Å². The number of hydrogen-bond acceptors (Lipinski definition) is 3. The summed E-state index contributed by atoms with van der Waals surface area (Å²) in [6.45, 7) is 5.73. The molecule has 0 saturated carbocycles. The number of ketones is 2. The molecule has 0 fully saturated rings. The van der Waals surface area contributed by atoms with Crippen molar-refractivity contribution >= 4 is 11.6 Å². The van der Waals surface area contributed by atoms with Crippen molar-refractivity contribution in [2.45, 2.75) is 40.0 Å². The number of aryl methyl sites for hydroxylation is 1. The molecular weight excluding hydrogens is 228 g/mol. The summed E-state index contributed by atoms with van der Waals surface area (Å²) >= 11 is 0. The van der Waals surface area contributed by atoms with Gasteiger partial charge in [-0.2, -0.15) is 0 Å². The summed E-state index contributed by atoms with van der Waals surface area (Å²) in [5, 5.41) is 0. The highest BCUT2D eigenvalue weighted by atomic mass is 16.3. The molecule has 3 nitrogen and oxygen atoms in total. The van der Waals surface area contributed by atoms with Gasteiger partial charge in [-0.05, 0) is 31.4 Å². The van der Waals surface area contributed by atoms with Gasteiger partial charge in [0.05, 0.1) is 11.8 Å². The summed E-state index contributed by atoms with van der Waals surface area (Å²) in [6.07, 6.45) is 4.69. The second-order valence-corrected chi connectivity index (χ2v) is 5.29. The van der Waals surface area contributed by atoms with Gasteiger partial charge < -0.3 is 4.42 Å². The number of hydrogen-bond donors (Lipinski definition) is 0. The molecule has 1 aromatic heterocycles. The lowest BCUT2D eigenvalue weighted by molar-refractivity contribution is -0.115. The highest BCUT2D eigenvalue weighted by molar-refractivity contribution is 5.99. The van der Waals surface area contributed by atoms with Gasteiger partial charge >= 0.3 is 0 Å². The van der Waals surface area contributed by atoms with Gasteiger partial charge in [0.15, 0.2) is 11.6 Å². The Morgan fingerprint density at radius 3 is 2.67 bits per heavy atom. The Labute approximate surface area is 107 Å². The second kappa shape index (κ2) is 4.92. The number of fused-ring (bicyclic) bond motifs is 1. The Balaban J connectivity index is 2.44. The van der Waals surface area contributed by atoms with E-state index in [1.807, 2.05) is 20.8 Å².